The monoisotopic (exact) mass is 375 g/mol. The Balaban J connectivity index is 4.79. The molecule has 150 valence electrons. The van der Waals surface area contributed by atoms with E-state index in [1.807, 2.05) is 6.92 Å². The highest BCUT2D eigenvalue weighted by Crippen LogP contribution is 2.05. The van der Waals surface area contributed by atoms with Gasteiger partial charge in [0.2, 0.25) is 5.91 Å². The van der Waals surface area contributed by atoms with Crippen molar-refractivity contribution in [2.75, 3.05) is 13.2 Å². The summed E-state index contributed by atoms with van der Waals surface area (Å²) in [5.74, 6) is -3.21. The highest BCUT2D eigenvalue weighted by molar-refractivity contribution is 5.89. The molecule has 0 heterocycles. The number of hydrogen-bond donors (Lipinski definition) is 5. The lowest BCUT2D eigenvalue weighted by Gasteiger charge is -2.21. The van der Waals surface area contributed by atoms with Gasteiger partial charge in [-0.2, -0.15) is 0 Å². The molecule has 0 aliphatic carbocycles. The Morgan fingerprint density at radius 1 is 1.00 bits per heavy atom. The second kappa shape index (κ2) is 13.9. The highest BCUT2D eigenvalue weighted by Gasteiger charge is 2.27. The van der Waals surface area contributed by atoms with Crippen LogP contribution in [0.15, 0.2) is 0 Å². The minimum atomic E-state index is -1.35. The third-order valence-corrected chi connectivity index (χ3v) is 3.55. The number of nitrogens with one attached hydrogen (secondary N) is 2. The molecule has 0 aliphatic heterocycles. The molecule has 0 saturated carbocycles. The standard InChI is InChI=1S/C16H29N3O7/c1-2-3-10-26-16(25)19-11(6-4-5-9-17)14(22)18-12(15(23)24)7-8-13(20)21/h11-12H,2-10,17H2,1H3,(H,18,22)(H,19,25)(H,20,21)(H,23,24)/t11-,12-/m0/s1. The van der Waals surface area contributed by atoms with Gasteiger partial charge in [0, 0.05) is 6.42 Å². The first-order valence-corrected chi connectivity index (χ1v) is 8.70. The molecule has 0 saturated heterocycles. The van der Waals surface area contributed by atoms with Crippen molar-refractivity contribution in [1.82, 2.24) is 10.6 Å². The smallest absolute Gasteiger partial charge is 0.407 e. The number of carboxylic acid groups (broad SMARTS) is 2. The van der Waals surface area contributed by atoms with E-state index in [-0.39, 0.29) is 19.4 Å². The van der Waals surface area contributed by atoms with Crippen LogP contribution >= 0.6 is 0 Å². The van der Waals surface area contributed by atoms with Crippen LogP contribution < -0.4 is 16.4 Å². The molecule has 0 aliphatic rings. The van der Waals surface area contributed by atoms with Crippen LogP contribution in [0.4, 0.5) is 4.79 Å². The number of amides is 2. The van der Waals surface area contributed by atoms with Crippen molar-refractivity contribution in [1.29, 1.82) is 0 Å². The molecule has 0 unspecified atom stereocenters. The molecule has 0 fully saturated rings. The normalized spacial score (nSPS) is 12.7. The third-order valence-electron chi connectivity index (χ3n) is 3.55. The predicted molar refractivity (Wildman–Crippen MR) is 92.5 cm³/mol. The van der Waals surface area contributed by atoms with Crippen LogP contribution in [0.2, 0.25) is 0 Å². The van der Waals surface area contributed by atoms with E-state index in [0.717, 1.165) is 6.42 Å². The summed E-state index contributed by atoms with van der Waals surface area (Å²) in [6, 6.07) is -2.34. The zero-order valence-corrected chi connectivity index (χ0v) is 15.0. The Bertz CT molecular complexity index is 471. The minimum Gasteiger partial charge on any atom is -0.481 e. The van der Waals surface area contributed by atoms with Crippen molar-refractivity contribution in [3.63, 3.8) is 0 Å². The molecular weight excluding hydrogens is 346 g/mol. The molecule has 0 spiro atoms. The summed E-state index contributed by atoms with van der Waals surface area (Å²) in [5.41, 5.74) is 5.42. The van der Waals surface area contributed by atoms with Gasteiger partial charge in [-0.3, -0.25) is 9.59 Å². The molecule has 0 radical (unpaired) electrons. The molecule has 2 atom stereocenters. The number of hydrogen-bond acceptors (Lipinski definition) is 6. The number of alkyl carbamates (subject to hydrolysis) is 1. The SMILES string of the molecule is CCCCOC(=O)N[C@@H](CCCCN)C(=O)N[C@@H](CCC(=O)O)C(=O)O. The largest absolute Gasteiger partial charge is 0.481 e. The number of ether oxygens (including phenoxy) is 1. The van der Waals surface area contributed by atoms with Gasteiger partial charge in [0.25, 0.3) is 0 Å². The van der Waals surface area contributed by atoms with Gasteiger partial charge in [-0.1, -0.05) is 13.3 Å². The van der Waals surface area contributed by atoms with Crippen molar-refractivity contribution < 1.29 is 34.1 Å². The first kappa shape index (κ1) is 23.6. The fourth-order valence-corrected chi connectivity index (χ4v) is 2.05. The second-order valence-corrected chi connectivity index (χ2v) is 5.80. The Morgan fingerprint density at radius 2 is 1.69 bits per heavy atom. The average Bonchev–Trinajstić information content (AvgIpc) is 2.57. The van der Waals surface area contributed by atoms with E-state index in [2.05, 4.69) is 10.6 Å². The summed E-state index contributed by atoms with van der Waals surface area (Å²) < 4.78 is 4.95. The zero-order chi connectivity index (χ0) is 19.9. The molecule has 0 rings (SSSR count). The average molecular weight is 375 g/mol. The summed E-state index contributed by atoms with van der Waals surface area (Å²) in [4.78, 5) is 45.9. The summed E-state index contributed by atoms with van der Waals surface area (Å²) in [6.45, 7) is 2.58. The first-order chi connectivity index (χ1) is 12.3. The minimum absolute atomic E-state index is 0.218. The van der Waals surface area contributed by atoms with Crippen LogP contribution in [0.5, 0.6) is 0 Å². The van der Waals surface area contributed by atoms with Crippen LogP contribution in [0, 0.1) is 0 Å². The molecule has 6 N–H and O–H groups in total. The molecular formula is C16H29N3O7. The van der Waals surface area contributed by atoms with Crippen molar-refractivity contribution in [2.45, 2.75) is 64.0 Å². The van der Waals surface area contributed by atoms with E-state index in [9.17, 15) is 19.2 Å². The van der Waals surface area contributed by atoms with Gasteiger partial charge in [0.05, 0.1) is 6.61 Å². The van der Waals surface area contributed by atoms with Gasteiger partial charge >= 0.3 is 18.0 Å². The molecule has 0 aromatic heterocycles. The van der Waals surface area contributed by atoms with Crippen molar-refractivity contribution >= 4 is 23.9 Å². The van der Waals surface area contributed by atoms with Gasteiger partial charge in [-0.25, -0.2) is 9.59 Å². The van der Waals surface area contributed by atoms with Crippen molar-refractivity contribution in [3.05, 3.63) is 0 Å². The topological polar surface area (TPSA) is 168 Å². The number of aliphatic carboxylic acids is 2. The predicted octanol–water partition coefficient (Wildman–Crippen LogP) is 0.445. The molecule has 26 heavy (non-hydrogen) atoms. The van der Waals surface area contributed by atoms with E-state index in [1.165, 1.54) is 0 Å². The number of nitrogens with two attached hydrogens (primary N) is 1. The Morgan fingerprint density at radius 3 is 2.23 bits per heavy atom. The summed E-state index contributed by atoms with van der Waals surface area (Å²) in [7, 11) is 0. The Labute approximate surface area is 152 Å². The van der Waals surface area contributed by atoms with Crippen LogP contribution in [0.3, 0.4) is 0 Å². The van der Waals surface area contributed by atoms with Crippen LogP contribution in [-0.4, -0.2) is 59.4 Å². The number of carbonyl (C=O) groups excluding carboxylic acids is 2. The molecule has 0 bridgehead atoms. The van der Waals surface area contributed by atoms with Crippen LogP contribution in [-0.2, 0) is 19.1 Å². The second-order valence-electron chi connectivity index (χ2n) is 5.80. The van der Waals surface area contributed by atoms with Crippen LogP contribution in [0.1, 0.15) is 51.9 Å². The maximum Gasteiger partial charge on any atom is 0.407 e. The van der Waals surface area contributed by atoms with Crippen molar-refractivity contribution in [3.8, 4) is 0 Å². The fraction of sp³-hybridized carbons (Fsp3) is 0.750. The quantitative estimate of drug-likeness (QED) is 0.273. The fourth-order valence-electron chi connectivity index (χ4n) is 2.05. The Kier molecular flexibility index (Phi) is 12.6. The highest BCUT2D eigenvalue weighted by atomic mass is 16.5. The summed E-state index contributed by atoms with van der Waals surface area (Å²) in [6.07, 6.45) is 1.56. The molecule has 0 aromatic rings. The summed E-state index contributed by atoms with van der Waals surface area (Å²) in [5, 5.41) is 22.5. The Hall–Kier alpha value is -2.36. The van der Waals surface area contributed by atoms with Gasteiger partial charge < -0.3 is 31.3 Å². The van der Waals surface area contributed by atoms with Gasteiger partial charge in [-0.15, -0.1) is 0 Å². The number of unbranched alkanes of at least 4 members (excludes halogenated alkanes) is 2. The van der Waals surface area contributed by atoms with E-state index >= 15 is 0 Å². The van der Waals surface area contributed by atoms with Gasteiger partial charge in [-0.05, 0) is 38.6 Å². The number of carboxylic acids is 2. The lowest BCUT2D eigenvalue weighted by Crippen LogP contribution is -2.51. The number of rotatable bonds is 14. The first-order valence-electron chi connectivity index (χ1n) is 8.70. The summed E-state index contributed by atoms with van der Waals surface area (Å²) >= 11 is 0. The zero-order valence-electron chi connectivity index (χ0n) is 15.0. The molecule has 2 amide bonds. The maximum atomic E-state index is 12.3. The van der Waals surface area contributed by atoms with Crippen molar-refractivity contribution in [2.24, 2.45) is 5.73 Å². The maximum absolute atomic E-state index is 12.3. The number of carbonyl (C=O) groups is 4. The molecule has 10 nitrogen and oxygen atoms in total. The van der Waals surface area contributed by atoms with E-state index < -0.39 is 42.4 Å². The molecule has 0 aromatic carbocycles. The third kappa shape index (κ3) is 11.2. The van der Waals surface area contributed by atoms with Crippen LogP contribution in [0.25, 0.3) is 0 Å². The van der Waals surface area contributed by atoms with Gasteiger partial charge in [0.1, 0.15) is 12.1 Å². The van der Waals surface area contributed by atoms with Gasteiger partial charge in [0.15, 0.2) is 0 Å². The lowest BCUT2D eigenvalue weighted by molar-refractivity contribution is -0.143. The lowest BCUT2D eigenvalue weighted by atomic mass is 10.1. The van der Waals surface area contributed by atoms with E-state index in [4.69, 9.17) is 20.7 Å². The van der Waals surface area contributed by atoms with E-state index in [1.54, 1.807) is 0 Å². The molecule has 10 heteroatoms. The van der Waals surface area contributed by atoms with E-state index in [0.29, 0.717) is 25.8 Å².